The Morgan fingerprint density at radius 2 is 1.91 bits per heavy atom. The van der Waals surface area contributed by atoms with Crippen LogP contribution in [0.4, 0.5) is 14.9 Å². The Hall–Kier alpha value is -3.42. The molecule has 5 nitrogen and oxygen atoms in total. The van der Waals surface area contributed by atoms with Crippen LogP contribution in [0.2, 0.25) is 0 Å². The maximum atomic E-state index is 13.9. The molecule has 4 aromatic rings. The van der Waals surface area contributed by atoms with Crippen LogP contribution in [0.1, 0.15) is 40.2 Å². The van der Waals surface area contributed by atoms with E-state index >= 15 is 0 Å². The summed E-state index contributed by atoms with van der Waals surface area (Å²) in [7, 11) is 0. The number of benzene rings is 2. The lowest BCUT2D eigenvalue weighted by Gasteiger charge is -2.32. The van der Waals surface area contributed by atoms with Gasteiger partial charge in [0.1, 0.15) is 10.8 Å². The monoisotopic (exact) mass is 486 g/mol. The first-order valence-electron chi connectivity index (χ1n) is 12.0. The van der Waals surface area contributed by atoms with E-state index in [9.17, 15) is 9.18 Å². The molecular weight excluding hydrogens is 459 g/mol. The molecular formula is C28H27FN4OS. The molecule has 1 unspecified atom stereocenters. The summed E-state index contributed by atoms with van der Waals surface area (Å²) in [5.74, 6) is -0.373. The quantitative estimate of drug-likeness (QED) is 0.375. The Labute approximate surface area is 208 Å². The van der Waals surface area contributed by atoms with Crippen molar-refractivity contribution >= 4 is 23.1 Å². The molecule has 178 valence electrons. The molecule has 0 spiro atoms. The highest BCUT2D eigenvalue weighted by molar-refractivity contribution is 7.15. The summed E-state index contributed by atoms with van der Waals surface area (Å²) in [5.41, 5.74) is 5.16. The summed E-state index contributed by atoms with van der Waals surface area (Å²) in [5, 5.41) is 4.16. The van der Waals surface area contributed by atoms with Gasteiger partial charge in [-0.05, 0) is 54.4 Å². The second-order valence-electron chi connectivity index (χ2n) is 9.09. The normalized spacial score (nSPS) is 17.3. The van der Waals surface area contributed by atoms with Crippen LogP contribution < -0.4 is 5.32 Å². The SMILES string of the molecule is CCN1CCc2c(sc3c2CN(C(=O)Nc2cccc(F)c2)C(c2ccccc2)c2cccn2-3)C1. The number of carbonyl (C=O) groups excluding carboxylic acids is 1. The molecule has 4 heterocycles. The third-order valence-electron chi connectivity index (χ3n) is 7.04. The van der Waals surface area contributed by atoms with Gasteiger partial charge < -0.3 is 14.8 Å². The molecule has 2 aliphatic heterocycles. The molecule has 1 N–H and O–H groups in total. The Morgan fingerprint density at radius 3 is 2.71 bits per heavy atom. The molecule has 35 heavy (non-hydrogen) atoms. The fourth-order valence-electron chi connectivity index (χ4n) is 5.29. The van der Waals surface area contributed by atoms with Crippen molar-refractivity contribution in [2.24, 2.45) is 0 Å². The highest BCUT2D eigenvalue weighted by atomic mass is 32.1. The van der Waals surface area contributed by atoms with Crippen LogP contribution in [0.5, 0.6) is 0 Å². The number of rotatable bonds is 3. The molecule has 2 aromatic carbocycles. The van der Waals surface area contributed by atoms with Crippen LogP contribution in [0.25, 0.3) is 5.00 Å². The maximum Gasteiger partial charge on any atom is 0.322 e. The van der Waals surface area contributed by atoms with Crippen molar-refractivity contribution in [3.8, 4) is 5.00 Å². The van der Waals surface area contributed by atoms with Gasteiger partial charge >= 0.3 is 6.03 Å². The third kappa shape index (κ3) is 3.94. The smallest absolute Gasteiger partial charge is 0.310 e. The molecule has 0 saturated heterocycles. The van der Waals surface area contributed by atoms with E-state index < -0.39 is 0 Å². The maximum absolute atomic E-state index is 13.9. The fraction of sp³-hybridized carbons (Fsp3) is 0.250. The number of hydrogen-bond acceptors (Lipinski definition) is 3. The fourth-order valence-corrected chi connectivity index (χ4v) is 6.70. The van der Waals surface area contributed by atoms with Crippen LogP contribution in [-0.4, -0.2) is 33.5 Å². The number of anilines is 1. The van der Waals surface area contributed by atoms with Crippen molar-refractivity contribution in [2.75, 3.05) is 18.4 Å². The topological polar surface area (TPSA) is 40.5 Å². The van der Waals surface area contributed by atoms with Crippen molar-refractivity contribution in [1.82, 2.24) is 14.4 Å². The Bertz CT molecular complexity index is 1380. The number of urea groups is 1. The lowest BCUT2D eigenvalue weighted by Crippen LogP contribution is -2.38. The highest BCUT2D eigenvalue weighted by Crippen LogP contribution is 2.43. The van der Waals surface area contributed by atoms with Gasteiger partial charge in [0.05, 0.1) is 18.3 Å². The summed E-state index contributed by atoms with van der Waals surface area (Å²) in [6.07, 6.45) is 3.10. The van der Waals surface area contributed by atoms with Crippen molar-refractivity contribution in [1.29, 1.82) is 0 Å². The van der Waals surface area contributed by atoms with Crippen LogP contribution in [0.15, 0.2) is 72.9 Å². The lowest BCUT2D eigenvalue weighted by molar-refractivity contribution is 0.194. The Balaban J connectivity index is 1.48. The van der Waals surface area contributed by atoms with Gasteiger partial charge in [-0.3, -0.25) is 4.90 Å². The average molecular weight is 487 g/mol. The predicted octanol–water partition coefficient (Wildman–Crippen LogP) is 6.19. The first-order valence-corrected chi connectivity index (χ1v) is 12.9. The lowest BCUT2D eigenvalue weighted by atomic mass is 10.0. The van der Waals surface area contributed by atoms with Crippen molar-refractivity contribution < 1.29 is 9.18 Å². The van der Waals surface area contributed by atoms with E-state index in [1.54, 1.807) is 12.1 Å². The summed E-state index contributed by atoms with van der Waals surface area (Å²) in [6.45, 7) is 5.72. The van der Waals surface area contributed by atoms with Crippen LogP contribution >= 0.6 is 11.3 Å². The van der Waals surface area contributed by atoms with E-state index in [0.29, 0.717) is 12.2 Å². The summed E-state index contributed by atoms with van der Waals surface area (Å²) < 4.78 is 16.1. The van der Waals surface area contributed by atoms with E-state index in [4.69, 9.17) is 0 Å². The number of nitrogens with zero attached hydrogens (tertiary/aromatic N) is 3. The number of fused-ring (bicyclic) bond motifs is 5. The number of halogens is 1. The molecule has 2 aliphatic rings. The van der Waals surface area contributed by atoms with Crippen LogP contribution in [-0.2, 0) is 19.5 Å². The van der Waals surface area contributed by atoms with Crippen molar-refractivity contribution in [2.45, 2.75) is 32.5 Å². The number of nitrogens with one attached hydrogen (secondary N) is 1. The van der Waals surface area contributed by atoms with Crippen LogP contribution in [0.3, 0.4) is 0 Å². The Kier molecular flexibility index (Phi) is 5.66. The standard InChI is InChI=1S/C28H27FN4OS/c1-2-31-15-13-22-23-17-33(28(34)30-21-11-6-10-20(29)16-21)26(19-8-4-3-5-9-19)24-12-7-14-32(24)27(23)35-25(22)18-31/h3-12,14,16,26H,2,13,15,17-18H2,1H3,(H,30,34). The van der Waals surface area contributed by atoms with E-state index in [1.165, 1.54) is 33.1 Å². The number of hydrogen-bond donors (Lipinski definition) is 1. The van der Waals surface area contributed by atoms with E-state index in [1.807, 2.05) is 34.4 Å². The van der Waals surface area contributed by atoms with Crippen molar-refractivity contribution in [3.05, 3.63) is 106 Å². The zero-order chi connectivity index (χ0) is 23.9. The molecule has 0 bridgehead atoms. The van der Waals surface area contributed by atoms with Gasteiger partial charge in [0, 0.05) is 35.4 Å². The summed E-state index contributed by atoms with van der Waals surface area (Å²) >= 11 is 1.85. The first-order chi connectivity index (χ1) is 17.1. The molecule has 0 radical (unpaired) electrons. The Morgan fingerprint density at radius 1 is 1.06 bits per heavy atom. The van der Waals surface area contributed by atoms with Gasteiger partial charge in [0.2, 0.25) is 0 Å². The predicted molar refractivity (Wildman–Crippen MR) is 138 cm³/mol. The zero-order valence-electron chi connectivity index (χ0n) is 19.6. The molecule has 0 saturated carbocycles. The third-order valence-corrected chi connectivity index (χ3v) is 8.30. The minimum Gasteiger partial charge on any atom is -0.310 e. The van der Waals surface area contributed by atoms with Gasteiger partial charge in [-0.25, -0.2) is 9.18 Å². The second-order valence-corrected chi connectivity index (χ2v) is 10.2. The van der Waals surface area contributed by atoms with Gasteiger partial charge in [0.15, 0.2) is 0 Å². The summed E-state index contributed by atoms with van der Waals surface area (Å²) in [4.78, 5) is 19.6. The number of amides is 2. The molecule has 1 atom stereocenters. The summed E-state index contributed by atoms with van der Waals surface area (Å²) in [6, 6.07) is 19.8. The number of likely N-dealkylation sites (N-methyl/N-ethyl adjacent to an activating group) is 1. The minimum absolute atomic E-state index is 0.240. The van der Waals surface area contributed by atoms with Gasteiger partial charge in [-0.2, -0.15) is 0 Å². The van der Waals surface area contributed by atoms with Crippen molar-refractivity contribution in [3.63, 3.8) is 0 Å². The van der Waals surface area contributed by atoms with Gasteiger partial charge in [-0.15, -0.1) is 11.3 Å². The number of thiophene rings is 1. The molecule has 0 fully saturated rings. The molecule has 2 aromatic heterocycles. The molecule has 7 heteroatoms. The minimum atomic E-state index is -0.373. The van der Waals surface area contributed by atoms with E-state index in [-0.39, 0.29) is 17.9 Å². The first kappa shape index (κ1) is 22.1. The van der Waals surface area contributed by atoms with E-state index in [2.05, 4.69) is 52.2 Å². The van der Waals surface area contributed by atoms with Gasteiger partial charge in [0.25, 0.3) is 0 Å². The molecule has 6 rings (SSSR count). The van der Waals surface area contributed by atoms with Gasteiger partial charge in [-0.1, -0.05) is 43.3 Å². The number of aromatic nitrogens is 1. The number of carbonyl (C=O) groups is 1. The zero-order valence-corrected chi connectivity index (χ0v) is 20.4. The largest absolute Gasteiger partial charge is 0.322 e. The van der Waals surface area contributed by atoms with Crippen LogP contribution in [0, 0.1) is 5.82 Å². The van der Waals surface area contributed by atoms with E-state index in [0.717, 1.165) is 37.3 Å². The highest BCUT2D eigenvalue weighted by Gasteiger charge is 2.36. The second kappa shape index (κ2) is 8.98. The average Bonchev–Trinajstić information content (AvgIpc) is 3.45. The molecule has 0 aliphatic carbocycles. The molecule has 2 amide bonds.